The SMILES string of the molecule is C#Cc1ccc(Nc2ncc3c(n2)-c2ccc(Cl)cc2NC(=O)C3)cc1. The van der Waals surface area contributed by atoms with Crippen LogP contribution < -0.4 is 10.6 Å². The summed E-state index contributed by atoms with van der Waals surface area (Å²) in [6.07, 6.45) is 7.25. The Morgan fingerprint density at radius 3 is 2.77 bits per heavy atom. The number of benzene rings is 2. The maximum atomic E-state index is 12.1. The minimum atomic E-state index is -0.124. The van der Waals surface area contributed by atoms with E-state index in [2.05, 4.69) is 26.5 Å². The second-order valence-electron chi connectivity index (χ2n) is 5.83. The number of carbonyl (C=O) groups excluding carboxylic acids is 1. The summed E-state index contributed by atoms with van der Waals surface area (Å²) in [5.74, 6) is 2.89. The van der Waals surface area contributed by atoms with Gasteiger partial charge in [0.05, 0.1) is 17.8 Å². The summed E-state index contributed by atoms with van der Waals surface area (Å²) in [5.41, 5.74) is 4.54. The fraction of sp³-hybridized carbons (Fsp3) is 0.0500. The molecule has 4 rings (SSSR count). The Hall–Kier alpha value is -3.36. The van der Waals surface area contributed by atoms with E-state index in [0.29, 0.717) is 22.4 Å². The number of nitrogens with one attached hydrogen (secondary N) is 2. The Morgan fingerprint density at radius 1 is 1.19 bits per heavy atom. The number of amides is 1. The van der Waals surface area contributed by atoms with Gasteiger partial charge in [0.15, 0.2) is 0 Å². The number of aromatic nitrogens is 2. The highest BCUT2D eigenvalue weighted by molar-refractivity contribution is 6.31. The van der Waals surface area contributed by atoms with Crippen molar-refractivity contribution in [2.75, 3.05) is 10.6 Å². The molecule has 0 saturated carbocycles. The minimum absolute atomic E-state index is 0.124. The van der Waals surface area contributed by atoms with Crippen molar-refractivity contribution in [1.29, 1.82) is 0 Å². The lowest BCUT2D eigenvalue weighted by atomic mass is 10.1. The molecule has 1 aliphatic heterocycles. The van der Waals surface area contributed by atoms with Crippen LogP contribution in [0.2, 0.25) is 5.02 Å². The van der Waals surface area contributed by atoms with Gasteiger partial charge in [-0.2, -0.15) is 0 Å². The lowest BCUT2D eigenvalue weighted by molar-refractivity contribution is -0.115. The first-order valence-electron chi connectivity index (χ1n) is 7.92. The molecule has 6 heteroatoms. The van der Waals surface area contributed by atoms with E-state index >= 15 is 0 Å². The molecule has 2 heterocycles. The van der Waals surface area contributed by atoms with Crippen LogP contribution in [-0.2, 0) is 11.2 Å². The molecule has 0 atom stereocenters. The van der Waals surface area contributed by atoms with E-state index in [1.54, 1.807) is 18.3 Å². The smallest absolute Gasteiger partial charge is 0.228 e. The molecular weight excluding hydrogens is 348 g/mol. The first kappa shape index (κ1) is 16.1. The van der Waals surface area contributed by atoms with Crippen molar-refractivity contribution in [3.63, 3.8) is 0 Å². The van der Waals surface area contributed by atoms with Crippen molar-refractivity contribution in [3.05, 3.63) is 64.8 Å². The van der Waals surface area contributed by atoms with Crippen LogP contribution in [0.15, 0.2) is 48.7 Å². The molecule has 1 amide bonds. The van der Waals surface area contributed by atoms with Gasteiger partial charge in [0.2, 0.25) is 11.9 Å². The molecule has 26 heavy (non-hydrogen) atoms. The third kappa shape index (κ3) is 3.10. The van der Waals surface area contributed by atoms with Crippen LogP contribution in [0.4, 0.5) is 17.3 Å². The highest BCUT2D eigenvalue weighted by Crippen LogP contribution is 2.34. The number of halogens is 1. The lowest BCUT2D eigenvalue weighted by Crippen LogP contribution is -2.12. The molecule has 3 aromatic rings. The predicted molar refractivity (Wildman–Crippen MR) is 102 cm³/mol. The summed E-state index contributed by atoms with van der Waals surface area (Å²) in [4.78, 5) is 21.1. The summed E-state index contributed by atoms with van der Waals surface area (Å²) in [6.45, 7) is 0. The third-order valence-corrected chi connectivity index (χ3v) is 4.27. The number of anilines is 3. The summed E-state index contributed by atoms with van der Waals surface area (Å²) < 4.78 is 0. The summed E-state index contributed by atoms with van der Waals surface area (Å²) >= 11 is 6.06. The van der Waals surface area contributed by atoms with Gasteiger partial charge >= 0.3 is 0 Å². The molecule has 0 saturated heterocycles. The highest BCUT2D eigenvalue weighted by atomic mass is 35.5. The molecule has 2 N–H and O–H groups in total. The maximum Gasteiger partial charge on any atom is 0.228 e. The first-order chi connectivity index (χ1) is 12.6. The monoisotopic (exact) mass is 360 g/mol. The number of hydrogen-bond donors (Lipinski definition) is 2. The largest absolute Gasteiger partial charge is 0.325 e. The van der Waals surface area contributed by atoms with Crippen molar-refractivity contribution in [2.24, 2.45) is 0 Å². The van der Waals surface area contributed by atoms with Crippen molar-refractivity contribution in [2.45, 2.75) is 6.42 Å². The Morgan fingerprint density at radius 2 is 2.00 bits per heavy atom. The van der Waals surface area contributed by atoms with Gasteiger partial charge in [-0.15, -0.1) is 6.42 Å². The molecule has 0 fully saturated rings. The van der Waals surface area contributed by atoms with E-state index in [4.69, 9.17) is 18.0 Å². The topological polar surface area (TPSA) is 66.9 Å². The molecule has 0 aliphatic carbocycles. The third-order valence-electron chi connectivity index (χ3n) is 4.03. The number of terminal acetylenes is 1. The van der Waals surface area contributed by atoms with Crippen LogP contribution >= 0.6 is 11.6 Å². The number of carbonyl (C=O) groups is 1. The second-order valence-corrected chi connectivity index (χ2v) is 6.27. The number of nitrogens with zero attached hydrogens (tertiary/aromatic N) is 2. The zero-order valence-electron chi connectivity index (χ0n) is 13.6. The molecule has 0 radical (unpaired) electrons. The average Bonchev–Trinajstić information content (AvgIpc) is 2.77. The first-order valence-corrected chi connectivity index (χ1v) is 8.29. The summed E-state index contributed by atoms with van der Waals surface area (Å²) in [7, 11) is 0. The fourth-order valence-corrected chi connectivity index (χ4v) is 2.97. The van der Waals surface area contributed by atoms with Gasteiger partial charge < -0.3 is 10.6 Å². The number of hydrogen-bond acceptors (Lipinski definition) is 4. The fourth-order valence-electron chi connectivity index (χ4n) is 2.80. The second kappa shape index (κ2) is 6.51. The molecule has 2 aromatic carbocycles. The number of fused-ring (bicyclic) bond motifs is 3. The molecule has 1 aliphatic rings. The van der Waals surface area contributed by atoms with Crippen molar-refractivity contribution >= 4 is 34.8 Å². The Labute approximate surface area is 155 Å². The predicted octanol–water partition coefficient (Wildman–Crippen LogP) is 4.02. The van der Waals surface area contributed by atoms with E-state index in [1.165, 1.54) is 0 Å². The van der Waals surface area contributed by atoms with Crippen LogP contribution in [0.3, 0.4) is 0 Å². The van der Waals surface area contributed by atoms with E-state index in [-0.39, 0.29) is 12.3 Å². The Bertz CT molecular complexity index is 1050. The van der Waals surface area contributed by atoms with Gasteiger partial charge in [-0.05, 0) is 42.5 Å². The molecule has 0 spiro atoms. The zero-order chi connectivity index (χ0) is 18.1. The van der Waals surface area contributed by atoms with Crippen LogP contribution in [0.25, 0.3) is 11.3 Å². The van der Waals surface area contributed by atoms with Gasteiger partial charge in [0.1, 0.15) is 0 Å². The minimum Gasteiger partial charge on any atom is -0.325 e. The van der Waals surface area contributed by atoms with Gasteiger partial charge in [0.25, 0.3) is 0 Å². The van der Waals surface area contributed by atoms with Crippen molar-refractivity contribution in [3.8, 4) is 23.6 Å². The quantitative estimate of drug-likeness (QED) is 0.677. The molecule has 1 aromatic heterocycles. The van der Waals surface area contributed by atoms with E-state index in [0.717, 1.165) is 22.4 Å². The molecular formula is C20H13ClN4O. The van der Waals surface area contributed by atoms with Crippen LogP contribution in [0.5, 0.6) is 0 Å². The van der Waals surface area contributed by atoms with Gasteiger partial charge in [0, 0.05) is 33.6 Å². The normalized spacial score (nSPS) is 12.2. The maximum absolute atomic E-state index is 12.1. The molecule has 0 unspecified atom stereocenters. The lowest BCUT2D eigenvalue weighted by Gasteiger charge is -2.11. The van der Waals surface area contributed by atoms with Crippen molar-refractivity contribution < 1.29 is 4.79 Å². The summed E-state index contributed by atoms with van der Waals surface area (Å²) in [5, 5.41) is 6.57. The van der Waals surface area contributed by atoms with E-state index in [1.807, 2.05) is 30.3 Å². The van der Waals surface area contributed by atoms with Crippen LogP contribution in [0.1, 0.15) is 11.1 Å². The van der Waals surface area contributed by atoms with E-state index < -0.39 is 0 Å². The van der Waals surface area contributed by atoms with Crippen LogP contribution in [0, 0.1) is 12.3 Å². The highest BCUT2D eigenvalue weighted by Gasteiger charge is 2.21. The average molecular weight is 361 g/mol. The Kier molecular flexibility index (Phi) is 4.04. The summed E-state index contributed by atoms with van der Waals surface area (Å²) in [6, 6.07) is 12.7. The van der Waals surface area contributed by atoms with Crippen LogP contribution in [-0.4, -0.2) is 15.9 Å². The van der Waals surface area contributed by atoms with Gasteiger partial charge in [-0.3, -0.25) is 4.79 Å². The number of rotatable bonds is 2. The van der Waals surface area contributed by atoms with E-state index in [9.17, 15) is 4.79 Å². The zero-order valence-corrected chi connectivity index (χ0v) is 14.3. The molecule has 126 valence electrons. The van der Waals surface area contributed by atoms with Gasteiger partial charge in [-0.1, -0.05) is 17.5 Å². The Balaban J connectivity index is 1.74. The van der Waals surface area contributed by atoms with Crippen molar-refractivity contribution in [1.82, 2.24) is 9.97 Å². The molecule has 5 nitrogen and oxygen atoms in total. The molecule has 0 bridgehead atoms. The van der Waals surface area contributed by atoms with Gasteiger partial charge in [-0.25, -0.2) is 9.97 Å². The standard InChI is InChI=1S/C20H13ClN4O/c1-2-12-3-6-15(7-4-12)23-20-22-11-13-9-18(26)24-17-10-14(21)5-8-16(17)19(13)25-20/h1,3-8,10-11H,9H2,(H,24,26)(H,22,23,25).